The third-order valence-electron chi connectivity index (χ3n) is 5.53. The quantitative estimate of drug-likeness (QED) is 0.120. The molecular weight excluding hydrogens is 447 g/mol. The molecule has 1 unspecified atom stereocenters. The Labute approximate surface area is 204 Å². The average molecular weight is 477 g/mol. The second kappa shape index (κ2) is 12.6. The fourth-order valence-electron chi connectivity index (χ4n) is 3.60. The number of carbonyl (C=O) groups excluding carboxylic acids is 3. The minimum Gasteiger partial charge on any atom is -0.459 e. The van der Waals surface area contributed by atoms with Gasteiger partial charge in [-0.05, 0) is 44.0 Å². The Morgan fingerprint density at radius 1 is 0.829 bits per heavy atom. The van der Waals surface area contributed by atoms with Crippen molar-refractivity contribution >= 4 is 17.5 Å². The molecule has 6 heteroatoms. The third kappa shape index (κ3) is 7.09. The van der Waals surface area contributed by atoms with Crippen molar-refractivity contribution in [3.8, 4) is 11.5 Å². The van der Waals surface area contributed by atoms with Gasteiger partial charge in [0.2, 0.25) is 11.6 Å². The van der Waals surface area contributed by atoms with Crippen LogP contribution in [0.3, 0.4) is 0 Å². The Kier molecular flexibility index (Phi) is 9.30. The smallest absolute Gasteiger partial charge is 0.341 e. The minimum absolute atomic E-state index is 0.0575. The van der Waals surface area contributed by atoms with Crippen molar-refractivity contribution in [3.05, 3.63) is 95.3 Å². The predicted molar refractivity (Wildman–Crippen MR) is 132 cm³/mol. The summed E-state index contributed by atoms with van der Waals surface area (Å²) < 4.78 is 25.8. The zero-order valence-electron chi connectivity index (χ0n) is 20.0. The SMILES string of the molecule is CCCCCCC(C)OC(=O)c1ccc(Oc2ccccc2C(=O)C(=O)c2ccccc2)cc1F. The van der Waals surface area contributed by atoms with Crippen LogP contribution in [0.1, 0.15) is 77.0 Å². The van der Waals surface area contributed by atoms with Gasteiger partial charge in [0.15, 0.2) is 0 Å². The molecule has 0 aliphatic carbocycles. The predicted octanol–water partition coefficient (Wildman–Crippen LogP) is 7.20. The molecule has 3 aromatic rings. The number of carbonyl (C=O) groups is 3. The number of rotatable bonds is 12. The highest BCUT2D eigenvalue weighted by atomic mass is 19.1. The van der Waals surface area contributed by atoms with Crippen LogP contribution in [0.5, 0.6) is 11.5 Å². The number of hydrogen-bond donors (Lipinski definition) is 0. The summed E-state index contributed by atoms with van der Waals surface area (Å²) in [5.41, 5.74) is 0.129. The molecular formula is C29H29FO5. The average Bonchev–Trinajstić information content (AvgIpc) is 2.86. The molecule has 0 spiro atoms. The van der Waals surface area contributed by atoms with Gasteiger partial charge in [0.25, 0.3) is 0 Å². The Morgan fingerprint density at radius 3 is 2.26 bits per heavy atom. The van der Waals surface area contributed by atoms with Crippen LogP contribution < -0.4 is 4.74 Å². The van der Waals surface area contributed by atoms with Crippen LogP contribution in [0.2, 0.25) is 0 Å². The molecule has 35 heavy (non-hydrogen) atoms. The van der Waals surface area contributed by atoms with Gasteiger partial charge in [-0.2, -0.15) is 0 Å². The van der Waals surface area contributed by atoms with Crippen LogP contribution in [-0.4, -0.2) is 23.6 Å². The van der Waals surface area contributed by atoms with Crippen LogP contribution in [0.15, 0.2) is 72.8 Å². The van der Waals surface area contributed by atoms with Crippen LogP contribution in [0, 0.1) is 5.82 Å². The van der Waals surface area contributed by atoms with Crippen LogP contribution in [0.4, 0.5) is 4.39 Å². The number of para-hydroxylation sites is 1. The summed E-state index contributed by atoms with van der Waals surface area (Å²) in [5.74, 6) is -2.75. The molecule has 0 saturated heterocycles. The van der Waals surface area contributed by atoms with E-state index in [1.54, 1.807) is 49.4 Å². The summed E-state index contributed by atoms with van der Waals surface area (Å²) >= 11 is 0. The Bertz CT molecular complexity index is 1170. The van der Waals surface area contributed by atoms with Gasteiger partial charge in [0.05, 0.1) is 17.2 Å². The van der Waals surface area contributed by atoms with Crippen LogP contribution >= 0.6 is 0 Å². The van der Waals surface area contributed by atoms with E-state index in [-0.39, 0.29) is 34.3 Å². The molecule has 5 nitrogen and oxygen atoms in total. The highest BCUT2D eigenvalue weighted by Crippen LogP contribution is 2.28. The first-order valence-corrected chi connectivity index (χ1v) is 11.8. The molecule has 0 heterocycles. The summed E-state index contributed by atoms with van der Waals surface area (Å²) in [6, 6.07) is 18.2. The fraction of sp³-hybridized carbons (Fsp3) is 0.276. The normalized spacial score (nSPS) is 11.5. The zero-order valence-corrected chi connectivity index (χ0v) is 20.0. The Balaban J connectivity index is 1.70. The first-order valence-electron chi connectivity index (χ1n) is 11.8. The van der Waals surface area contributed by atoms with E-state index < -0.39 is 23.4 Å². The van der Waals surface area contributed by atoms with Crippen molar-refractivity contribution in [3.63, 3.8) is 0 Å². The van der Waals surface area contributed by atoms with Crippen LogP contribution in [-0.2, 0) is 4.74 Å². The van der Waals surface area contributed by atoms with Crippen molar-refractivity contribution in [2.75, 3.05) is 0 Å². The van der Waals surface area contributed by atoms with E-state index in [9.17, 15) is 18.8 Å². The number of ketones is 2. The molecule has 3 aromatic carbocycles. The van der Waals surface area contributed by atoms with E-state index in [1.807, 2.05) is 0 Å². The molecule has 3 rings (SSSR count). The van der Waals surface area contributed by atoms with Crippen LogP contribution in [0.25, 0.3) is 0 Å². The maximum absolute atomic E-state index is 14.7. The van der Waals surface area contributed by atoms with Gasteiger partial charge in [0, 0.05) is 11.6 Å². The second-order valence-electron chi connectivity index (χ2n) is 8.33. The summed E-state index contributed by atoms with van der Waals surface area (Å²) in [5, 5.41) is 0. The van der Waals surface area contributed by atoms with Gasteiger partial charge < -0.3 is 9.47 Å². The van der Waals surface area contributed by atoms with Crippen molar-refractivity contribution in [2.24, 2.45) is 0 Å². The molecule has 0 aromatic heterocycles. The van der Waals surface area contributed by atoms with Gasteiger partial charge >= 0.3 is 5.97 Å². The number of ether oxygens (including phenoxy) is 2. The zero-order chi connectivity index (χ0) is 25.2. The van der Waals surface area contributed by atoms with Gasteiger partial charge in [-0.1, -0.05) is 68.7 Å². The standard InChI is InChI=1S/C29H29FO5/c1-3-4-5-7-12-20(2)34-29(33)23-18-17-22(19-25(23)30)35-26-16-11-10-15-24(26)28(32)27(31)21-13-8-6-9-14-21/h6,8-11,13-20H,3-5,7,12H2,1-2H3. The molecule has 0 aliphatic rings. The highest BCUT2D eigenvalue weighted by Gasteiger charge is 2.22. The van der Waals surface area contributed by atoms with E-state index in [0.717, 1.165) is 38.2 Å². The third-order valence-corrected chi connectivity index (χ3v) is 5.53. The molecule has 0 fully saturated rings. The first-order chi connectivity index (χ1) is 16.9. The minimum atomic E-state index is -0.796. The maximum Gasteiger partial charge on any atom is 0.341 e. The van der Waals surface area contributed by atoms with Crippen molar-refractivity contribution in [1.29, 1.82) is 0 Å². The number of halogens is 1. The lowest BCUT2D eigenvalue weighted by molar-refractivity contribution is 0.0314. The molecule has 0 amide bonds. The molecule has 0 saturated carbocycles. The lowest BCUT2D eigenvalue weighted by Crippen LogP contribution is -2.16. The van der Waals surface area contributed by atoms with E-state index in [2.05, 4.69) is 6.92 Å². The molecule has 1 atom stereocenters. The van der Waals surface area contributed by atoms with E-state index in [1.165, 1.54) is 24.3 Å². The Hall–Kier alpha value is -3.80. The maximum atomic E-state index is 14.7. The largest absolute Gasteiger partial charge is 0.459 e. The van der Waals surface area contributed by atoms with Gasteiger partial charge in [-0.25, -0.2) is 9.18 Å². The number of hydrogen-bond acceptors (Lipinski definition) is 5. The summed E-state index contributed by atoms with van der Waals surface area (Å²) in [7, 11) is 0. The monoisotopic (exact) mass is 476 g/mol. The second-order valence-corrected chi connectivity index (χ2v) is 8.33. The molecule has 0 N–H and O–H groups in total. The summed E-state index contributed by atoms with van der Waals surface area (Å²) in [6.07, 6.45) is 4.68. The molecule has 0 aliphatic heterocycles. The van der Waals surface area contributed by atoms with E-state index >= 15 is 0 Å². The van der Waals surface area contributed by atoms with Gasteiger partial charge in [-0.15, -0.1) is 0 Å². The van der Waals surface area contributed by atoms with Gasteiger partial charge in [-0.3, -0.25) is 9.59 Å². The topological polar surface area (TPSA) is 69.7 Å². The Morgan fingerprint density at radius 2 is 1.54 bits per heavy atom. The number of unbranched alkanes of at least 4 members (excludes halogenated alkanes) is 3. The van der Waals surface area contributed by atoms with Crippen molar-refractivity contribution in [2.45, 2.75) is 52.1 Å². The summed E-state index contributed by atoms with van der Waals surface area (Å²) in [4.78, 5) is 37.8. The van der Waals surface area contributed by atoms with Crippen molar-refractivity contribution < 1.29 is 28.2 Å². The summed E-state index contributed by atoms with van der Waals surface area (Å²) in [6.45, 7) is 3.92. The lowest BCUT2D eigenvalue weighted by atomic mass is 10.0. The number of esters is 1. The molecule has 0 radical (unpaired) electrons. The highest BCUT2D eigenvalue weighted by molar-refractivity contribution is 6.49. The van der Waals surface area contributed by atoms with E-state index in [0.29, 0.717) is 0 Å². The molecule has 0 bridgehead atoms. The lowest BCUT2D eigenvalue weighted by Gasteiger charge is -2.14. The van der Waals surface area contributed by atoms with Gasteiger partial charge in [0.1, 0.15) is 17.3 Å². The number of benzene rings is 3. The van der Waals surface area contributed by atoms with Crippen molar-refractivity contribution in [1.82, 2.24) is 0 Å². The molecule has 182 valence electrons. The fourth-order valence-corrected chi connectivity index (χ4v) is 3.60. The number of Topliss-reactive ketones (excluding diaryl/α,β-unsaturated/α-hetero) is 2. The van der Waals surface area contributed by atoms with E-state index in [4.69, 9.17) is 9.47 Å². The first kappa shape index (κ1) is 25.8.